The molecule has 0 aromatic heterocycles. The third kappa shape index (κ3) is 20.2. The number of hydrogen-bond acceptors (Lipinski definition) is 2. The first-order valence-corrected chi connectivity index (χ1v) is 12.2. The molecule has 0 saturated carbocycles. The molecule has 4 N–H and O–H groups in total. The van der Waals surface area contributed by atoms with Gasteiger partial charge in [0.25, 0.3) is 0 Å². The van der Waals surface area contributed by atoms with Crippen molar-refractivity contribution in [3.63, 3.8) is 0 Å². The highest BCUT2D eigenvalue weighted by Crippen LogP contribution is 2.14. The summed E-state index contributed by atoms with van der Waals surface area (Å²) in [7, 11) is 0. The summed E-state index contributed by atoms with van der Waals surface area (Å²) in [5, 5.41) is 0. The van der Waals surface area contributed by atoms with Crippen LogP contribution >= 0.6 is 0 Å². The molecule has 2 unspecified atom stereocenters. The van der Waals surface area contributed by atoms with E-state index in [1.54, 1.807) is 0 Å². The van der Waals surface area contributed by atoms with E-state index in [1.165, 1.54) is 128 Å². The third-order valence-corrected chi connectivity index (χ3v) is 5.76. The molecule has 0 aliphatic heterocycles. The summed E-state index contributed by atoms with van der Waals surface area (Å²) in [6.07, 6.45) is 26.7. The molecule has 2 nitrogen and oxygen atoms in total. The molecule has 0 saturated heterocycles. The number of unbranched alkanes of at least 4 members (excludes halogenated alkanes) is 13. The maximum absolute atomic E-state index is 6.24. The second-order valence-corrected chi connectivity index (χ2v) is 8.62. The van der Waals surface area contributed by atoms with E-state index >= 15 is 0 Å². The van der Waals surface area contributed by atoms with Crippen molar-refractivity contribution in [3.8, 4) is 0 Å². The Kier molecular flexibility index (Phi) is 21.2. The van der Waals surface area contributed by atoms with Crippen LogP contribution in [0.25, 0.3) is 0 Å². The Bertz CT molecular complexity index is 229. The van der Waals surface area contributed by atoms with Gasteiger partial charge in [0.15, 0.2) is 0 Å². The molecule has 0 rings (SSSR count). The van der Waals surface area contributed by atoms with Crippen molar-refractivity contribution in [2.45, 2.75) is 154 Å². The van der Waals surface area contributed by atoms with Crippen molar-refractivity contribution in [2.75, 3.05) is 0 Å². The zero-order valence-electron chi connectivity index (χ0n) is 18.5. The van der Waals surface area contributed by atoms with Crippen molar-refractivity contribution in [3.05, 3.63) is 0 Å². The predicted octanol–water partition coefficient (Wildman–Crippen LogP) is 7.48. The number of hydrogen-bond donors (Lipinski definition) is 2. The highest BCUT2D eigenvalue weighted by atomic mass is 14.6. The van der Waals surface area contributed by atoms with Crippen molar-refractivity contribution < 1.29 is 0 Å². The molecule has 0 fully saturated rings. The van der Waals surface area contributed by atoms with Gasteiger partial charge in [0, 0.05) is 12.1 Å². The Morgan fingerprint density at radius 3 is 0.885 bits per heavy atom. The van der Waals surface area contributed by atoms with Crippen LogP contribution in [0, 0.1) is 0 Å². The van der Waals surface area contributed by atoms with Gasteiger partial charge in [0.05, 0.1) is 0 Å². The molecular formula is C24H52N2. The molecule has 2 atom stereocenters. The minimum Gasteiger partial charge on any atom is -0.328 e. The van der Waals surface area contributed by atoms with E-state index in [4.69, 9.17) is 11.5 Å². The van der Waals surface area contributed by atoms with Crippen LogP contribution in [0.3, 0.4) is 0 Å². The van der Waals surface area contributed by atoms with Gasteiger partial charge in [0.2, 0.25) is 0 Å². The van der Waals surface area contributed by atoms with Crippen LogP contribution in [-0.4, -0.2) is 12.1 Å². The molecule has 0 bridgehead atoms. The summed E-state index contributed by atoms with van der Waals surface area (Å²) in [5.74, 6) is 0. The summed E-state index contributed by atoms with van der Waals surface area (Å²) in [6, 6.07) is 0.902. The summed E-state index contributed by atoms with van der Waals surface area (Å²) < 4.78 is 0. The van der Waals surface area contributed by atoms with Crippen LogP contribution in [0.15, 0.2) is 0 Å². The van der Waals surface area contributed by atoms with E-state index in [2.05, 4.69) is 13.8 Å². The Hall–Kier alpha value is -0.0800. The zero-order chi connectivity index (χ0) is 19.3. The lowest BCUT2D eigenvalue weighted by atomic mass is 9.99. The predicted molar refractivity (Wildman–Crippen MR) is 120 cm³/mol. The lowest BCUT2D eigenvalue weighted by molar-refractivity contribution is 0.470. The molecule has 0 spiro atoms. The lowest BCUT2D eigenvalue weighted by Crippen LogP contribution is -2.19. The molecule has 0 radical (unpaired) electrons. The maximum Gasteiger partial charge on any atom is 0.00388 e. The minimum absolute atomic E-state index is 0.451. The molecule has 0 aliphatic rings. The molecule has 0 heterocycles. The fourth-order valence-electron chi connectivity index (χ4n) is 3.83. The van der Waals surface area contributed by atoms with Crippen LogP contribution in [-0.2, 0) is 0 Å². The van der Waals surface area contributed by atoms with Crippen molar-refractivity contribution in [2.24, 2.45) is 11.5 Å². The van der Waals surface area contributed by atoms with Gasteiger partial charge in [-0.25, -0.2) is 0 Å². The fraction of sp³-hybridized carbons (Fsp3) is 1.00. The lowest BCUT2D eigenvalue weighted by Gasteiger charge is -2.12. The van der Waals surface area contributed by atoms with E-state index in [0.717, 1.165) is 0 Å². The third-order valence-electron chi connectivity index (χ3n) is 5.76. The zero-order valence-corrected chi connectivity index (χ0v) is 18.5. The Morgan fingerprint density at radius 2 is 0.615 bits per heavy atom. The first-order chi connectivity index (χ1) is 12.7. The van der Waals surface area contributed by atoms with Crippen molar-refractivity contribution in [1.29, 1.82) is 0 Å². The number of rotatable bonds is 21. The Morgan fingerprint density at radius 1 is 0.385 bits per heavy atom. The van der Waals surface area contributed by atoms with Gasteiger partial charge in [-0.15, -0.1) is 0 Å². The molecule has 0 aromatic carbocycles. The molecule has 2 heteroatoms. The van der Waals surface area contributed by atoms with Crippen LogP contribution in [0.5, 0.6) is 0 Å². The second-order valence-electron chi connectivity index (χ2n) is 8.62. The summed E-state index contributed by atoms with van der Waals surface area (Å²) in [5.41, 5.74) is 12.5. The second kappa shape index (κ2) is 21.2. The highest BCUT2D eigenvalue weighted by molar-refractivity contribution is 4.63. The smallest absolute Gasteiger partial charge is 0.00388 e. The summed E-state index contributed by atoms with van der Waals surface area (Å²) >= 11 is 0. The van der Waals surface area contributed by atoms with Gasteiger partial charge in [-0.2, -0.15) is 0 Å². The first-order valence-electron chi connectivity index (χ1n) is 12.2. The molecule has 0 aliphatic carbocycles. The molecule has 0 aromatic rings. The van der Waals surface area contributed by atoms with E-state index < -0.39 is 0 Å². The summed E-state index contributed by atoms with van der Waals surface area (Å²) in [6.45, 7) is 4.55. The van der Waals surface area contributed by atoms with Gasteiger partial charge in [0.1, 0.15) is 0 Å². The standard InChI is InChI=1S/C24H52N2/c1-3-5-7-11-15-19-23(25)21-17-13-9-10-14-18-22-24(26)20-16-12-8-6-4-2/h23-24H,3-22,25-26H2,1-2H3. The van der Waals surface area contributed by atoms with Crippen LogP contribution in [0.2, 0.25) is 0 Å². The van der Waals surface area contributed by atoms with Gasteiger partial charge >= 0.3 is 0 Å². The molecular weight excluding hydrogens is 316 g/mol. The summed E-state index contributed by atoms with van der Waals surface area (Å²) in [4.78, 5) is 0. The quantitative estimate of drug-likeness (QED) is 0.206. The van der Waals surface area contributed by atoms with Gasteiger partial charge in [-0.05, 0) is 25.7 Å². The van der Waals surface area contributed by atoms with Crippen molar-refractivity contribution in [1.82, 2.24) is 0 Å². The Labute approximate surface area is 166 Å². The van der Waals surface area contributed by atoms with Gasteiger partial charge < -0.3 is 11.5 Å². The number of nitrogens with two attached hydrogens (primary N) is 2. The molecule has 158 valence electrons. The highest BCUT2D eigenvalue weighted by Gasteiger charge is 2.04. The molecule has 0 amide bonds. The average Bonchev–Trinajstić information content (AvgIpc) is 2.63. The van der Waals surface area contributed by atoms with Crippen LogP contribution < -0.4 is 11.5 Å². The van der Waals surface area contributed by atoms with E-state index in [9.17, 15) is 0 Å². The van der Waals surface area contributed by atoms with Gasteiger partial charge in [-0.3, -0.25) is 0 Å². The normalized spacial score (nSPS) is 13.8. The Balaban J connectivity index is 3.22. The average molecular weight is 369 g/mol. The minimum atomic E-state index is 0.451. The van der Waals surface area contributed by atoms with Gasteiger partial charge in [-0.1, -0.05) is 117 Å². The van der Waals surface area contributed by atoms with E-state index in [0.29, 0.717) is 12.1 Å². The van der Waals surface area contributed by atoms with Crippen molar-refractivity contribution >= 4 is 0 Å². The SMILES string of the molecule is CCCCCCCC(N)CCCCCCCCC(N)CCCCCCC. The molecule has 26 heavy (non-hydrogen) atoms. The largest absolute Gasteiger partial charge is 0.328 e. The van der Waals surface area contributed by atoms with Crippen LogP contribution in [0.4, 0.5) is 0 Å². The maximum atomic E-state index is 6.24. The van der Waals surface area contributed by atoms with Crippen LogP contribution in [0.1, 0.15) is 142 Å². The van der Waals surface area contributed by atoms with E-state index in [-0.39, 0.29) is 0 Å². The monoisotopic (exact) mass is 368 g/mol. The first kappa shape index (κ1) is 25.9. The topological polar surface area (TPSA) is 52.0 Å². The fourth-order valence-corrected chi connectivity index (χ4v) is 3.83. The van der Waals surface area contributed by atoms with E-state index in [1.807, 2.05) is 0 Å².